The normalized spacial score (nSPS) is 15.2. The van der Waals surface area contributed by atoms with Gasteiger partial charge in [0.05, 0.1) is 12.2 Å². The molecule has 5 N–H and O–H groups in total. The number of nitrogens with one attached hydrogen (secondary N) is 1. The number of rotatable bonds is 56. The highest BCUT2D eigenvalue weighted by molar-refractivity contribution is 4.82. The van der Waals surface area contributed by atoms with Crippen LogP contribution in [0.1, 0.15) is 343 Å². The molecule has 0 aromatic rings. The average Bonchev–Trinajstić information content (AvgIpc) is 3.32. The van der Waals surface area contributed by atoms with Gasteiger partial charge in [-0.05, 0) is 31.6 Å². The zero-order valence-electron chi connectivity index (χ0n) is 45.7. The highest BCUT2D eigenvalue weighted by Gasteiger charge is 2.31. The summed E-state index contributed by atoms with van der Waals surface area (Å²) in [6.07, 6.45) is 56.9. The third-order valence-corrected chi connectivity index (χ3v) is 15.1. The van der Waals surface area contributed by atoms with Crippen LogP contribution in [0, 0.1) is 5.92 Å². The van der Waals surface area contributed by atoms with Crippen molar-refractivity contribution in [2.75, 3.05) is 0 Å². The van der Waals surface area contributed by atoms with E-state index in [1.165, 1.54) is 238 Å². The van der Waals surface area contributed by atoms with Crippen molar-refractivity contribution >= 4 is 0 Å². The minimum atomic E-state index is -1.21. The Morgan fingerprint density at radius 2 is 0.561 bits per heavy atom. The predicted octanol–water partition coefficient (Wildman–Crippen LogP) is 18.1. The number of hydrogen-bond donors (Lipinski definition) is 5. The Hall–Kier alpha value is -0.240. The van der Waals surface area contributed by atoms with Gasteiger partial charge in [0, 0.05) is 6.04 Å². The van der Waals surface area contributed by atoms with Crippen LogP contribution < -0.4 is 5.32 Å². The summed E-state index contributed by atoms with van der Waals surface area (Å²) in [4.78, 5) is 0. The molecule has 0 spiro atoms. The van der Waals surface area contributed by atoms with Crippen LogP contribution in [0.5, 0.6) is 0 Å². The molecule has 0 aliphatic carbocycles. The molecule has 6 nitrogen and oxygen atoms in total. The summed E-state index contributed by atoms with van der Waals surface area (Å²) < 4.78 is 6.27. The van der Waals surface area contributed by atoms with E-state index in [-0.39, 0.29) is 18.1 Å². The molecule has 66 heavy (non-hydrogen) atoms. The summed E-state index contributed by atoms with van der Waals surface area (Å²) in [5.74, 6) is -0.000224. The van der Waals surface area contributed by atoms with Crippen LogP contribution in [0.3, 0.4) is 0 Å². The van der Waals surface area contributed by atoms with Crippen molar-refractivity contribution < 1.29 is 25.2 Å². The standard InChI is InChI=1S/C60H123NO5/c1-6-10-13-16-18-20-22-24-26-28-30-32-34-36-38-40-42-44-46-48-51-56(62)59(64)61-55(9-4)54(5)58(53-50-15-12-8-3)66-60(65)57(63)52-49-47-45-43-41-39-37-35-33-31-29-27-25-23-21-19-17-14-11-7-2/h54-65H,6-53H2,1-5H3. The van der Waals surface area contributed by atoms with Gasteiger partial charge in [-0.2, -0.15) is 0 Å². The third kappa shape index (κ3) is 43.8. The number of hydrogen-bond acceptors (Lipinski definition) is 6. The quantitative estimate of drug-likeness (QED) is 0.0308. The summed E-state index contributed by atoms with van der Waals surface area (Å²) in [5.41, 5.74) is 0. The van der Waals surface area contributed by atoms with Crippen molar-refractivity contribution in [2.45, 2.75) is 380 Å². The van der Waals surface area contributed by atoms with Crippen LogP contribution >= 0.6 is 0 Å². The summed E-state index contributed by atoms with van der Waals surface area (Å²) in [5, 5.41) is 47.2. The minimum absolute atomic E-state index is 0.000224. The number of aliphatic hydroxyl groups is 4. The summed E-state index contributed by atoms with van der Waals surface area (Å²) in [6.45, 7) is 11.0. The Morgan fingerprint density at radius 3 is 0.848 bits per heavy atom. The molecule has 0 saturated heterocycles. The lowest BCUT2D eigenvalue weighted by atomic mass is 9.89. The molecule has 0 heterocycles. The molecule has 0 radical (unpaired) electrons. The molecular weight excluding hydrogens is 815 g/mol. The molecule has 0 aliphatic heterocycles. The molecule has 0 aliphatic rings. The van der Waals surface area contributed by atoms with Crippen molar-refractivity contribution in [1.29, 1.82) is 0 Å². The van der Waals surface area contributed by atoms with Gasteiger partial charge in [-0.25, -0.2) is 0 Å². The van der Waals surface area contributed by atoms with Gasteiger partial charge in [-0.15, -0.1) is 0 Å². The van der Waals surface area contributed by atoms with E-state index in [0.717, 1.165) is 57.8 Å². The van der Waals surface area contributed by atoms with Crippen LogP contribution in [-0.2, 0) is 4.74 Å². The number of unbranched alkanes of at least 4 members (excludes halogenated alkanes) is 41. The van der Waals surface area contributed by atoms with Crippen LogP contribution in [-0.4, -0.2) is 57.3 Å². The minimum Gasteiger partial charge on any atom is -0.389 e. The maximum absolute atomic E-state index is 11.0. The third-order valence-electron chi connectivity index (χ3n) is 15.1. The van der Waals surface area contributed by atoms with Gasteiger partial charge in [-0.3, -0.25) is 5.32 Å². The van der Waals surface area contributed by atoms with Crippen LogP contribution in [0.15, 0.2) is 0 Å². The van der Waals surface area contributed by atoms with Crippen molar-refractivity contribution in [3.8, 4) is 0 Å². The van der Waals surface area contributed by atoms with Crippen molar-refractivity contribution in [2.24, 2.45) is 5.92 Å². The monoisotopic (exact) mass is 938 g/mol. The zero-order valence-corrected chi connectivity index (χ0v) is 45.7. The van der Waals surface area contributed by atoms with E-state index in [0.29, 0.717) is 12.8 Å². The van der Waals surface area contributed by atoms with Gasteiger partial charge < -0.3 is 25.2 Å². The topological polar surface area (TPSA) is 102 Å². The smallest absolute Gasteiger partial charge is 0.181 e. The maximum atomic E-state index is 11.0. The molecule has 0 aromatic carbocycles. The van der Waals surface area contributed by atoms with E-state index >= 15 is 0 Å². The second-order valence-electron chi connectivity index (χ2n) is 21.5. The Labute approximate surface area is 414 Å². The molecule has 0 fully saturated rings. The lowest BCUT2D eigenvalue weighted by Gasteiger charge is -2.35. The molecular formula is C60H123NO5. The van der Waals surface area contributed by atoms with E-state index in [1.54, 1.807) is 0 Å². The fourth-order valence-corrected chi connectivity index (χ4v) is 10.2. The first-order valence-corrected chi connectivity index (χ1v) is 30.5. The lowest BCUT2D eigenvalue weighted by molar-refractivity contribution is -0.203. The molecule has 0 bridgehead atoms. The molecule has 0 aromatic heterocycles. The van der Waals surface area contributed by atoms with Crippen LogP contribution in [0.25, 0.3) is 0 Å². The first-order chi connectivity index (χ1) is 32.3. The van der Waals surface area contributed by atoms with Gasteiger partial charge in [0.1, 0.15) is 12.3 Å². The highest BCUT2D eigenvalue weighted by atomic mass is 16.6. The average molecular weight is 939 g/mol. The second-order valence-corrected chi connectivity index (χ2v) is 21.5. The summed E-state index contributed by atoms with van der Waals surface area (Å²) in [7, 11) is 0. The summed E-state index contributed by atoms with van der Waals surface area (Å²) >= 11 is 0. The van der Waals surface area contributed by atoms with Crippen molar-refractivity contribution in [3.05, 3.63) is 0 Å². The number of aliphatic hydroxyl groups excluding tert-OH is 4. The number of ether oxygens (including phenoxy) is 1. The Balaban J connectivity index is 4.19. The molecule has 0 amide bonds. The molecule has 7 atom stereocenters. The Kier molecular flexibility index (Phi) is 52.4. The second kappa shape index (κ2) is 52.6. The fourth-order valence-electron chi connectivity index (χ4n) is 10.2. The van der Waals surface area contributed by atoms with Gasteiger partial charge in [0.25, 0.3) is 0 Å². The zero-order chi connectivity index (χ0) is 48.4. The van der Waals surface area contributed by atoms with Gasteiger partial charge in [-0.1, -0.05) is 317 Å². The van der Waals surface area contributed by atoms with Crippen molar-refractivity contribution in [1.82, 2.24) is 5.32 Å². The van der Waals surface area contributed by atoms with Crippen molar-refractivity contribution in [3.63, 3.8) is 0 Å². The predicted molar refractivity (Wildman–Crippen MR) is 289 cm³/mol. The molecule has 7 unspecified atom stereocenters. The van der Waals surface area contributed by atoms with Crippen LogP contribution in [0.4, 0.5) is 0 Å². The highest BCUT2D eigenvalue weighted by Crippen LogP contribution is 2.25. The molecule has 0 saturated carbocycles. The van der Waals surface area contributed by atoms with Gasteiger partial charge in [0.2, 0.25) is 0 Å². The van der Waals surface area contributed by atoms with E-state index in [4.69, 9.17) is 4.74 Å². The Bertz CT molecular complexity index is 906. The lowest BCUT2D eigenvalue weighted by Crippen LogP contribution is -2.51. The molecule has 398 valence electrons. The SMILES string of the molecule is CCCCCCCCCCCCCCCCCCCCCCC(O)C(O)NC(CC)C(C)C(CCCCCC)OC(O)C(O)CCCCCCCCCCCCCCCCCCCCCC. The molecule has 0 rings (SSSR count). The molecule has 6 heteroatoms. The van der Waals surface area contributed by atoms with Gasteiger partial charge in [0.15, 0.2) is 6.29 Å². The first-order valence-electron chi connectivity index (χ1n) is 30.5. The van der Waals surface area contributed by atoms with E-state index in [1.807, 2.05) is 0 Å². The van der Waals surface area contributed by atoms with E-state index in [9.17, 15) is 20.4 Å². The maximum Gasteiger partial charge on any atom is 0.181 e. The Morgan fingerprint density at radius 1 is 0.318 bits per heavy atom. The van der Waals surface area contributed by atoms with Gasteiger partial charge >= 0.3 is 0 Å². The first kappa shape index (κ1) is 65.8. The van der Waals surface area contributed by atoms with E-state index < -0.39 is 24.7 Å². The van der Waals surface area contributed by atoms with Crippen LogP contribution in [0.2, 0.25) is 0 Å². The summed E-state index contributed by atoms with van der Waals surface area (Å²) in [6, 6.07) is -0.0744. The largest absolute Gasteiger partial charge is 0.389 e. The fraction of sp³-hybridized carbons (Fsp3) is 1.00. The van der Waals surface area contributed by atoms with E-state index in [2.05, 4.69) is 39.9 Å².